The molecular formula is C29H49N9O6S. The molecule has 3 saturated heterocycles. The standard InChI is InChI=1S/C29H49N9O6S/c1-41-20-18-37(19-21-42-2)29-31-25-24(27(33-29)35-12-8-23(44-4)9-13-35)30-28(36-14-16-38(17-15-36)45(5,39)40)32-26(25)34-10-6-22(43-3)7-11-34/h22-23H,6-21H2,1-5H3. The first-order valence-corrected chi connectivity index (χ1v) is 17.7. The molecule has 0 bridgehead atoms. The van der Waals surface area contributed by atoms with Crippen molar-refractivity contribution in [2.24, 2.45) is 0 Å². The van der Waals surface area contributed by atoms with Crippen LogP contribution < -0.4 is 19.6 Å². The number of sulfonamides is 1. The molecule has 15 nitrogen and oxygen atoms in total. The van der Waals surface area contributed by atoms with Crippen molar-refractivity contribution in [1.29, 1.82) is 0 Å². The van der Waals surface area contributed by atoms with Gasteiger partial charge >= 0.3 is 0 Å². The molecule has 2 aromatic rings. The summed E-state index contributed by atoms with van der Waals surface area (Å²) >= 11 is 0. The van der Waals surface area contributed by atoms with Crippen molar-refractivity contribution in [3.63, 3.8) is 0 Å². The summed E-state index contributed by atoms with van der Waals surface area (Å²) in [6, 6.07) is 0. The van der Waals surface area contributed by atoms with Crippen LogP contribution in [0, 0.1) is 0 Å². The maximum atomic E-state index is 12.2. The van der Waals surface area contributed by atoms with E-state index in [0.717, 1.165) is 63.5 Å². The minimum Gasteiger partial charge on any atom is -0.383 e. The third-order valence-electron chi connectivity index (χ3n) is 9.04. The van der Waals surface area contributed by atoms with E-state index in [9.17, 15) is 8.42 Å². The van der Waals surface area contributed by atoms with Crippen molar-refractivity contribution in [2.45, 2.75) is 37.9 Å². The molecule has 0 saturated carbocycles. The van der Waals surface area contributed by atoms with E-state index in [2.05, 4.69) is 19.6 Å². The van der Waals surface area contributed by atoms with Crippen LogP contribution in [0.15, 0.2) is 0 Å². The molecule has 3 aliphatic heterocycles. The molecule has 0 radical (unpaired) electrons. The number of nitrogens with zero attached hydrogens (tertiary/aromatic N) is 9. The van der Waals surface area contributed by atoms with Crippen LogP contribution in [-0.4, -0.2) is 158 Å². The Morgan fingerprint density at radius 3 is 1.62 bits per heavy atom. The average molecular weight is 652 g/mol. The Balaban J connectivity index is 1.63. The van der Waals surface area contributed by atoms with Crippen LogP contribution in [0.4, 0.5) is 23.5 Å². The van der Waals surface area contributed by atoms with Gasteiger partial charge in [0, 0.05) is 93.9 Å². The monoisotopic (exact) mass is 651 g/mol. The van der Waals surface area contributed by atoms with Gasteiger partial charge in [-0.05, 0) is 25.7 Å². The topological polar surface area (TPSA) is 139 Å². The second-order valence-corrected chi connectivity index (χ2v) is 13.8. The Bertz CT molecular complexity index is 1350. The summed E-state index contributed by atoms with van der Waals surface area (Å²) < 4.78 is 48.1. The molecule has 0 atom stereocenters. The van der Waals surface area contributed by atoms with E-state index in [1.54, 1.807) is 28.4 Å². The largest absolute Gasteiger partial charge is 0.383 e. The first-order chi connectivity index (χ1) is 21.7. The van der Waals surface area contributed by atoms with E-state index in [0.29, 0.717) is 75.4 Å². The van der Waals surface area contributed by atoms with Gasteiger partial charge in [0.15, 0.2) is 11.6 Å². The van der Waals surface area contributed by atoms with Gasteiger partial charge in [-0.2, -0.15) is 14.3 Å². The van der Waals surface area contributed by atoms with Crippen molar-refractivity contribution in [2.75, 3.05) is 133 Å². The summed E-state index contributed by atoms with van der Waals surface area (Å²) in [5.74, 6) is 2.70. The smallest absolute Gasteiger partial charge is 0.228 e. The predicted molar refractivity (Wildman–Crippen MR) is 174 cm³/mol. The molecule has 5 heterocycles. The molecule has 0 amide bonds. The van der Waals surface area contributed by atoms with Crippen molar-refractivity contribution >= 4 is 44.6 Å². The molecule has 3 aliphatic rings. The molecule has 16 heteroatoms. The second kappa shape index (κ2) is 15.3. The highest BCUT2D eigenvalue weighted by atomic mass is 32.2. The van der Waals surface area contributed by atoms with Crippen LogP contribution in [0.3, 0.4) is 0 Å². The van der Waals surface area contributed by atoms with Crippen molar-refractivity contribution in [3.8, 4) is 0 Å². The number of ether oxygens (including phenoxy) is 4. The zero-order chi connectivity index (χ0) is 32.0. The van der Waals surface area contributed by atoms with Crippen LogP contribution in [0.25, 0.3) is 11.0 Å². The summed E-state index contributed by atoms with van der Waals surface area (Å²) in [6.07, 6.45) is 5.21. The number of aromatic nitrogens is 4. The van der Waals surface area contributed by atoms with Crippen molar-refractivity contribution in [3.05, 3.63) is 0 Å². The Morgan fingerprint density at radius 2 is 1.16 bits per heavy atom. The summed E-state index contributed by atoms with van der Waals surface area (Å²) in [5, 5.41) is 0. The second-order valence-electron chi connectivity index (χ2n) is 11.9. The fourth-order valence-electron chi connectivity index (χ4n) is 6.23. The number of rotatable bonds is 13. The van der Waals surface area contributed by atoms with Gasteiger partial charge in [0.1, 0.15) is 11.0 Å². The normalized spacial score (nSPS) is 19.5. The summed E-state index contributed by atoms with van der Waals surface area (Å²) in [5.41, 5.74) is 1.41. The lowest BCUT2D eigenvalue weighted by Gasteiger charge is -2.36. The third kappa shape index (κ3) is 8.03. The molecule has 5 rings (SSSR count). The maximum Gasteiger partial charge on any atom is 0.228 e. The van der Waals surface area contributed by atoms with Gasteiger partial charge in [-0.25, -0.2) is 18.4 Å². The van der Waals surface area contributed by atoms with Crippen LogP contribution >= 0.6 is 0 Å². The van der Waals surface area contributed by atoms with Crippen molar-refractivity contribution < 1.29 is 27.4 Å². The van der Waals surface area contributed by atoms with Gasteiger partial charge < -0.3 is 38.5 Å². The number of piperazine rings is 1. The quantitative estimate of drug-likeness (QED) is 0.302. The Kier molecular flexibility index (Phi) is 11.5. The number of fused-ring (bicyclic) bond motifs is 1. The summed E-state index contributed by atoms with van der Waals surface area (Å²) in [6.45, 7) is 7.13. The zero-order valence-electron chi connectivity index (χ0n) is 27.4. The molecule has 0 unspecified atom stereocenters. The van der Waals surface area contributed by atoms with Gasteiger partial charge in [0.25, 0.3) is 0 Å². The molecular weight excluding hydrogens is 602 g/mol. The average Bonchev–Trinajstić information content (AvgIpc) is 3.07. The molecule has 252 valence electrons. The number of hydrogen-bond donors (Lipinski definition) is 0. The minimum absolute atomic E-state index is 0.208. The number of methoxy groups -OCH3 is 4. The molecule has 45 heavy (non-hydrogen) atoms. The van der Waals surface area contributed by atoms with Crippen molar-refractivity contribution in [1.82, 2.24) is 24.2 Å². The van der Waals surface area contributed by atoms with Gasteiger partial charge in [-0.15, -0.1) is 0 Å². The maximum absolute atomic E-state index is 12.2. The van der Waals surface area contributed by atoms with E-state index in [1.807, 2.05) is 0 Å². The first kappa shape index (κ1) is 33.7. The molecule has 0 aromatic carbocycles. The lowest BCUT2D eigenvalue weighted by Crippen LogP contribution is -2.49. The van der Waals surface area contributed by atoms with Crippen LogP contribution in [0.1, 0.15) is 25.7 Å². The molecule has 0 spiro atoms. The molecule has 0 N–H and O–H groups in total. The highest BCUT2D eigenvalue weighted by molar-refractivity contribution is 7.88. The number of piperidine rings is 2. The minimum atomic E-state index is -3.27. The number of hydrogen-bond acceptors (Lipinski definition) is 14. The Hall–Kier alpha value is -2.63. The highest BCUT2D eigenvalue weighted by Crippen LogP contribution is 2.35. The molecule has 3 fully saturated rings. The van der Waals surface area contributed by atoms with E-state index >= 15 is 0 Å². The Labute approximate surface area is 266 Å². The summed E-state index contributed by atoms with van der Waals surface area (Å²) in [7, 11) is 3.64. The van der Waals surface area contributed by atoms with E-state index in [1.165, 1.54) is 10.6 Å². The van der Waals surface area contributed by atoms with E-state index in [-0.39, 0.29) is 12.2 Å². The van der Waals surface area contributed by atoms with E-state index < -0.39 is 10.0 Å². The van der Waals surface area contributed by atoms with Gasteiger partial charge in [0.05, 0.1) is 31.7 Å². The van der Waals surface area contributed by atoms with Gasteiger partial charge in [-0.1, -0.05) is 0 Å². The molecule has 2 aromatic heterocycles. The number of anilines is 4. The lowest BCUT2D eigenvalue weighted by molar-refractivity contribution is 0.0817. The SMILES string of the molecule is COCCN(CCOC)c1nc(N2CCC(OC)CC2)c2nc(N3CCN(S(C)(=O)=O)CC3)nc(N3CCC(OC)CC3)c2n1. The fraction of sp³-hybridized carbons (Fsp3) is 0.793. The first-order valence-electron chi connectivity index (χ1n) is 15.8. The highest BCUT2D eigenvalue weighted by Gasteiger charge is 2.31. The summed E-state index contributed by atoms with van der Waals surface area (Å²) in [4.78, 5) is 29.4. The van der Waals surface area contributed by atoms with E-state index in [4.69, 9.17) is 38.9 Å². The fourth-order valence-corrected chi connectivity index (χ4v) is 7.05. The van der Waals surface area contributed by atoms with Crippen LogP contribution in [0.2, 0.25) is 0 Å². The predicted octanol–water partition coefficient (Wildman–Crippen LogP) is 0.831. The Morgan fingerprint density at radius 1 is 0.667 bits per heavy atom. The molecule has 0 aliphatic carbocycles. The van der Waals surface area contributed by atoms with Gasteiger partial charge in [0.2, 0.25) is 21.9 Å². The van der Waals surface area contributed by atoms with Crippen LogP contribution in [-0.2, 0) is 29.0 Å². The third-order valence-corrected chi connectivity index (χ3v) is 10.3. The zero-order valence-corrected chi connectivity index (χ0v) is 28.2. The van der Waals surface area contributed by atoms with Gasteiger partial charge in [-0.3, -0.25) is 0 Å². The van der Waals surface area contributed by atoms with Crippen LogP contribution in [0.5, 0.6) is 0 Å². The lowest BCUT2D eigenvalue weighted by atomic mass is 10.1.